The monoisotopic (exact) mass is 403 g/mol. The zero-order valence-corrected chi connectivity index (χ0v) is 15.3. The molecule has 0 fully saturated rings. The Hall–Kier alpha value is -1.10. The normalized spacial score (nSPS) is 10.4. The summed E-state index contributed by atoms with van der Waals surface area (Å²) < 4.78 is 11.8. The summed E-state index contributed by atoms with van der Waals surface area (Å²) in [5.41, 5.74) is 1.96. The molecule has 3 nitrogen and oxygen atoms in total. The van der Waals surface area contributed by atoms with Gasteiger partial charge in [-0.25, -0.2) is 0 Å². The van der Waals surface area contributed by atoms with Gasteiger partial charge in [-0.3, -0.25) is 0 Å². The molecule has 0 atom stereocenters. The highest BCUT2D eigenvalue weighted by Gasteiger charge is 2.11. The van der Waals surface area contributed by atoms with E-state index in [-0.39, 0.29) is 0 Å². The molecule has 0 spiro atoms. The number of methoxy groups -OCH3 is 1. The lowest BCUT2D eigenvalue weighted by molar-refractivity contribution is 0.309. The number of halogens is 3. The number of benzene rings is 2. The van der Waals surface area contributed by atoms with Gasteiger partial charge in [0.25, 0.3) is 0 Å². The molecule has 0 aliphatic carbocycles. The third kappa shape index (κ3) is 4.22. The number of rotatable bonds is 6. The van der Waals surface area contributed by atoms with Gasteiger partial charge in [-0.1, -0.05) is 23.2 Å². The predicted molar refractivity (Wildman–Crippen MR) is 95.7 cm³/mol. The van der Waals surface area contributed by atoms with Crippen molar-refractivity contribution in [2.45, 2.75) is 13.5 Å². The molecule has 118 valence electrons. The Balaban J connectivity index is 2.17. The second kappa shape index (κ2) is 7.95. The first-order valence-corrected chi connectivity index (χ1v) is 8.28. The standard InChI is InChI=1S/C16H16BrCl2NO2/c1-3-22-15-7-10(6-12(17)16(15)21-2)9-20-11-4-5-13(18)14(19)8-11/h4-8,20H,3,9H2,1-2H3. The molecular weight excluding hydrogens is 389 g/mol. The van der Waals surface area contributed by atoms with Crippen LogP contribution in [-0.4, -0.2) is 13.7 Å². The Morgan fingerprint density at radius 1 is 1.14 bits per heavy atom. The van der Waals surface area contributed by atoms with E-state index in [4.69, 9.17) is 32.7 Å². The lowest BCUT2D eigenvalue weighted by atomic mass is 10.2. The molecular formula is C16H16BrCl2NO2. The predicted octanol–water partition coefficient (Wildman–Crippen LogP) is 5.78. The first kappa shape index (κ1) is 17.3. The van der Waals surface area contributed by atoms with E-state index in [0.29, 0.717) is 34.7 Å². The summed E-state index contributed by atoms with van der Waals surface area (Å²) in [4.78, 5) is 0. The molecule has 22 heavy (non-hydrogen) atoms. The maximum absolute atomic E-state index is 6.01. The van der Waals surface area contributed by atoms with E-state index in [1.807, 2.05) is 25.1 Å². The number of nitrogens with one attached hydrogen (secondary N) is 1. The molecule has 1 N–H and O–H groups in total. The van der Waals surface area contributed by atoms with Crippen LogP contribution in [0.15, 0.2) is 34.8 Å². The molecule has 0 bridgehead atoms. The highest BCUT2D eigenvalue weighted by molar-refractivity contribution is 9.10. The fourth-order valence-corrected chi connectivity index (χ4v) is 2.94. The summed E-state index contributed by atoms with van der Waals surface area (Å²) in [6, 6.07) is 9.40. The summed E-state index contributed by atoms with van der Waals surface area (Å²) in [5, 5.41) is 4.37. The third-order valence-corrected chi connectivity index (χ3v) is 4.32. The summed E-state index contributed by atoms with van der Waals surface area (Å²) in [7, 11) is 1.62. The maximum atomic E-state index is 6.01. The molecule has 0 aromatic heterocycles. The Bertz CT molecular complexity index is 665. The van der Waals surface area contributed by atoms with Gasteiger partial charge in [0, 0.05) is 12.2 Å². The molecule has 2 rings (SSSR count). The van der Waals surface area contributed by atoms with Crippen LogP contribution in [-0.2, 0) is 6.54 Å². The Morgan fingerprint density at radius 3 is 2.55 bits per heavy atom. The third-order valence-electron chi connectivity index (χ3n) is 2.99. The van der Waals surface area contributed by atoms with E-state index in [2.05, 4.69) is 21.2 Å². The topological polar surface area (TPSA) is 30.5 Å². The molecule has 0 aliphatic rings. The molecule has 0 saturated heterocycles. The van der Waals surface area contributed by atoms with Crippen molar-refractivity contribution >= 4 is 44.8 Å². The molecule has 0 aliphatic heterocycles. The van der Waals surface area contributed by atoms with Crippen LogP contribution in [0.2, 0.25) is 10.0 Å². The summed E-state index contributed by atoms with van der Waals surface area (Å²) in [6.45, 7) is 3.14. The molecule has 0 heterocycles. The fraction of sp³-hybridized carbons (Fsp3) is 0.250. The van der Waals surface area contributed by atoms with Crippen molar-refractivity contribution in [2.24, 2.45) is 0 Å². The number of anilines is 1. The highest BCUT2D eigenvalue weighted by Crippen LogP contribution is 2.36. The molecule has 0 unspecified atom stereocenters. The van der Waals surface area contributed by atoms with E-state index < -0.39 is 0 Å². The van der Waals surface area contributed by atoms with E-state index in [1.54, 1.807) is 19.2 Å². The molecule has 0 radical (unpaired) electrons. The first-order chi connectivity index (χ1) is 10.5. The number of ether oxygens (including phenoxy) is 2. The largest absolute Gasteiger partial charge is 0.492 e. The van der Waals surface area contributed by atoms with Gasteiger partial charge in [0.1, 0.15) is 0 Å². The molecule has 6 heteroatoms. The van der Waals surface area contributed by atoms with E-state index >= 15 is 0 Å². The zero-order valence-electron chi connectivity index (χ0n) is 12.3. The first-order valence-electron chi connectivity index (χ1n) is 6.73. The smallest absolute Gasteiger partial charge is 0.174 e. The second-order valence-corrected chi connectivity index (χ2v) is 6.19. The van der Waals surface area contributed by atoms with Crippen LogP contribution in [0, 0.1) is 0 Å². The van der Waals surface area contributed by atoms with Gasteiger partial charge in [0.05, 0.1) is 28.2 Å². The van der Waals surface area contributed by atoms with Gasteiger partial charge in [-0.2, -0.15) is 0 Å². The van der Waals surface area contributed by atoms with Gasteiger partial charge >= 0.3 is 0 Å². The van der Waals surface area contributed by atoms with Crippen molar-refractivity contribution in [3.8, 4) is 11.5 Å². The highest BCUT2D eigenvalue weighted by atomic mass is 79.9. The van der Waals surface area contributed by atoms with Crippen molar-refractivity contribution in [3.63, 3.8) is 0 Å². The van der Waals surface area contributed by atoms with Gasteiger partial charge in [0.2, 0.25) is 0 Å². The van der Waals surface area contributed by atoms with E-state index in [1.165, 1.54) is 0 Å². The molecule has 2 aromatic rings. The molecule has 0 amide bonds. The summed E-state index contributed by atoms with van der Waals surface area (Å²) in [5.74, 6) is 1.41. The minimum absolute atomic E-state index is 0.526. The molecule has 0 saturated carbocycles. The number of hydrogen-bond donors (Lipinski definition) is 1. The quantitative estimate of drug-likeness (QED) is 0.662. The van der Waals surface area contributed by atoms with Crippen molar-refractivity contribution in [3.05, 3.63) is 50.4 Å². The average molecular weight is 405 g/mol. The number of hydrogen-bond acceptors (Lipinski definition) is 3. The van der Waals surface area contributed by atoms with Gasteiger partial charge in [-0.05, 0) is 58.7 Å². The van der Waals surface area contributed by atoms with Gasteiger partial charge in [-0.15, -0.1) is 0 Å². The minimum atomic E-state index is 0.526. The second-order valence-electron chi connectivity index (χ2n) is 4.52. The van der Waals surface area contributed by atoms with Crippen LogP contribution in [0.3, 0.4) is 0 Å². The van der Waals surface area contributed by atoms with Crippen molar-refractivity contribution in [1.29, 1.82) is 0 Å². The summed E-state index contributed by atoms with van der Waals surface area (Å²) in [6.07, 6.45) is 0. The van der Waals surface area contributed by atoms with Crippen molar-refractivity contribution in [1.82, 2.24) is 0 Å². The van der Waals surface area contributed by atoms with Crippen LogP contribution >= 0.6 is 39.1 Å². The van der Waals surface area contributed by atoms with Crippen LogP contribution in [0.1, 0.15) is 12.5 Å². The minimum Gasteiger partial charge on any atom is -0.492 e. The van der Waals surface area contributed by atoms with E-state index in [9.17, 15) is 0 Å². The van der Waals surface area contributed by atoms with Crippen LogP contribution < -0.4 is 14.8 Å². The van der Waals surface area contributed by atoms with E-state index in [0.717, 1.165) is 15.7 Å². The Kier molecular flexibility index (Phi) is 6.24. The maximum Gasteiger partial charge on any atom is 0.174 e. The Labute approximate surface area is 148 Å². The summed E-state index contributed by atoms with van der Waals surface area (Å²) >= 11 is 15.4. The lowest BCUT2D eigenvalue weighted by Crippen LogP contribution is -2.02. The van der Waals surface area contributed by atoms with Crippen molar-refractivity contribution < 1.29 is 9.47 Å². The molecule has 2 aromatic carbocycles. The van der Waals surface area contributed by atoms with Gasteiger partial charge in [0.15, 0.2) is 11.5 Å². The Morgan fingerprint density at radius 2 is 1.91 bits per heavy atom. The lowest BCUT2D eigenvalue weighted by Gasteiger charge is -2.14. The van der Waals surface area contributed by atoms with Crippen LogP contribution in [0.4, 0.5) is 5.69 Å². The van der Waals surface area contributed by atoms with Gasteiger partial charge < -0.3 is 14.8 Å². The fourth-order valence-electron chi connectivity index (χ4n) is 1.99. The van der Waals surface area contributed by atoms with Crippen molar-refractivity contribution in [2.75, 3.05) is 19.0 Å². The SMILES string of the molecule is CCOc1cc(CNc2ccc(Cl)c(Cl)c2)cc(Br)c1OC. The van der Waals surface area contributed by atoms with Crippen LogP contribution in [0.5, 0.6) is 11.5 Å². The zero-order chi connectivity index (χ0) is 16.1. The van der Waals surface area contributed by atoms with Crippen LogP contribution in [0.25, 0.3) is 0 Å². The average Bonchev–Trinajstić information content (AvgIpc) is 2.49.